The maximum atomic E-state index is 9.54. The van der Waals surface area contributed by atoms with E-state index in [0.717, 1.165) is 11.4 Å². The maximum Gasteiger partial charge on any atom is 0.130 e. The van der Waals surface area contributed by atoms with Gasteiger partial charge in [0.2, 0.25) is 0 Å². The molecule has 2 rings (SSSR count). The van der Waals surface area contributed by atoms with E-state index in [4.69, 9.17) is 0 Å². The molecule has 3 nitrogen and oxygen atoms in total. The van der Waals surface area contributed by atoms with Gasteiger partial charge in [0.15, 0.2) is 0 Å². The van der Waals surface area contributed by atoms with Crippen molar-refractivity contribution in [3.05, 3.63) is 54.3 Å². The summed E-state index contributed by atoms with van der Waals surface area (Å²) in [7, 11) is 0. The summed E-state index contributed by atoms with van der Waals surface area (Å²) in [5.74, 6) is 0. The van der Waals surface area contributed by atoms with E-state index in [0.29, 0.717) is 6.42 Å². The summed E-state index contributed by atoms with van der Waals surface area (Å²) in [5.41, 5.74) is 1.55. The summed E-state index contributed by atoms with van der Waals surface area (Å²) in [6, 6.07) is 9.51. The molecule has 1 aliphatic carbocycles. The molecule has 0 saturated carbocycles. The molecule has 0 heterocycles. The van der Waals surface area contributed by atoms with Crippen molar-refractivity contribution >= 4 is 18.3 Å². The highest BCUT2D eigenvalue weighted by atomic mass is 32.1. The van der Waals surface area contributed by atoms with Crippen LogP contribution in [0.2, 0.25) is 0 Å². The van der Waals surface area contributed by atoms with Crippen molar-refractivity contribution in [3.63, 3.8) is 0 Å². The van der Waals surface area contributed by atoms with Crippen LogP contribution in [0.1, 0.15) is 6.42 Å². The van der Waals surface area contributed by atoms with Gasteiger partial charge in [-0.05, 0) is 24.3 Å². The fraction of sp³-hybridized carbons (Fsp3) is 0.167. The van der Waals surface area contributed by atoms with Gasteiger partial charge in [0, 0.05) is 6.42 Å². The molecule has 16 heavy (non-hydrogen) atoms. The van der Waals surface area contributed by atoms with E-state index in [9.17, 15) is 5.11 Å². The van der Waals surface area contributed by atoms with Gasteiger partial charge >= 0.3 is 0 Å². The van der Waals surface area contributed by atoms with Crippen molar-refractivity contribution in [1.29, 1.82) is 0 Å². The largest absolute Gasteiger partial charge is 0.376 e. The monoisotopic (exact) mass is 232 g/mol. The predicted molar refractivity (Wildman–Crippen MR) is 66.7 cm³/mol. The Morgan fingerprint density at radius 3 is 2.56 bits per heavy atom. The first-order valence-electron chi connectivity index (χ1n) is 4.97. The SMILES string of the molecule is OC1(S)C=CC(N=Nc2ccccc2)=CC1. The van der Waals surface area contributed by atoms with Crippen molar-refractivity contribution in [2.75, 3.05) is 0 Å². The minimum atomic E-state index is -1.05. The highest BCUT2D eigenvalue weighted by Gasteiger charge is 2.18. The zero-order valence-electron chi connectivity index (χ0n) is 8.61. The molecule has 0 spiro atoms. The highest BCUT2D eigenvalue weighted by Crippen LogP contribution is 2.25. The topological polar surface area (TPSA) is 45.0 Å². The number of hydrogen-bond acceptors (Lipinski definition) is 4. The lowest BCUT2D eigenvalue weighted by Gasteiger charge is -2.18. The molecule has 0 amide bonds. The van der Waals surface area contributed by atoms with E-state index in [1.165, 1.54) is 0 Å². The summed E-state index contributed by atoms with van der Waals surface area (Å²) in [5, 5.41) is 17.7. The molecular formula is C12H12N2OS. The summed E-state index contributed by atoms with van der Waals surface area (Å²) in [6.07, 6.45) is 5.56. The van der Waals surface area contributed by atoms with Crippen LogP contribution in [0.5, 0.6) is 0 Å². The van der Waals surface area contributed by atoms with Crippen LogP contribution in [0, 0.1) is 0 Å². The van der Waals surface area contributed by atoms with E-state index in [2.05, 4.69) is 22.9 Å². The Hall–Kier alpha value is -1.39. The van der Waals surface area contributed by atoms with Gasteiger partial charge in [-0.1, -0.05) is 24.3 Å². The number of aliphatic hydroxyl groups is 1. The Kier molecular flexibility index (Phi) is 3.22. The molecule has 0 aromatic heterocycles. The Morgan fingerprint density at radius 1 is 1.19 bits per heavy atom. The number of benzene rings is 1. The smallest absolute Gasteiger partial charge is 0.130 e. The zero-order valence-corrected chi connectivity index (χ0v) is 9.51. The van der Waals surface area contributed by atoms with E-state index >= 15 is 0 Å². The van der Waals surface area contributed by atoms with Crippen LogP contribution < -0.4 is 0 Å². The van der Waals surface area contributed by atoms with Crippen LogP contribution in [0.25, 0.3) is 0 Å². The number of allylic oxidation sites excluding steroid dienone is 1. The first-order chi connectivity index (χ1) is 7.66. The second kappa shape index (κ2) is 4.63. The van der Waals surface area contributed by atoms with E-state index in [-0.39, 0.29) is 0 Å². The van der Waals surface area contributed by atoms with Crippen LogP contribution in [-0.4, -0.2) is 10.0 Å². The maximum absolute atomic E-state index is 9.54. The van der Waals surface area contributed by atoms with Crippen LogP contribution in [-0.2, 0) is 0 Å². The van der Waals surface area contributed by atoms with Crippen LogP contribution >= 0.6 is 12.6 Å². The molecule has 0 saturated heterocycles. The predicted octanol–water partition coefficient (Wildman–Crippen LogP) is 3.23. The molecule has 1 aliphatic rings. The average molecular weight is 232 g/mol. The number of hydrogen-bond donors (Lipinski definition) is 2. The van der Waals surface area contributed by atoms with Gasteiger partial charge < -0.3 is 5.11 Å². The minimum absolute atomic E-state index is 0.440. The van der Waals surface area contributed by atoms with Gasteiger partial charge in [0.05, 0.1) is 11.4 Å². The number of rotatable bonds is 2. The third kappa shape index (κ3) is 3.05. The number of thiol groups is 1. The normalized spacial score (nSPS) is 24.8. The zero-order chi connectivity index (χ0) is 11.4. The Morgan fingerprint density at radius 2 is 1.94 bits per heavy atom. The van der Waals surface area contributed by atoms with Crippen molar-refractivity contribution in [2.45, 2.75) is 11.4 Å². The fourth-order valence-corrected chi connectivity index (χ4v) is 1.46. The van der Waals surface area contributed by atoms with Crippen LogP contribution in [0.4, 0.5) is 5.69 Å². The molecule has 0 aliphatic heterocycles. The molecular weight excluding hydrogens is 220 g/mol. The van der Waals surface area contributed by atoms with Gasteiger partial charge in [0.25, 0.3) is 0 Å². The standard InChI is InChI=1S/C12H12N2OS/c15-12(16)8-6-11(7-9-12)14-13-10-4-2-1-3-5-10/h1-8,15-16H,9H2. The van der Waals surface area contributed by atoms with Crippen LogP contribution in [0.15, 0.2) is 64.5 Å². The molecule has 0 radical (unpaired) electrons. The lowest BCUT2D eigenvalue weighted by molar-refractivity contribution is 0.192. The van der Waals surface area contributed by atoms with Crippen molar-refractivity contribution in [1.82, 2.24) is 0 Å². The van der Waals surface area contributed by atoms with Gasteiger partial charge in [-0.25, -0.2) is 0 Å². The highest BCUT2D eigenvalue weighted by molar-refractivity contribution is 7.81. The van der Waals surface area contributed by atoms with E-state index in [1.807, 2.05) is 30.3 Å². The molecule has 1 aromatic carbocycles. The first kappa shape index (κ1) is 11.1. The molecule has 82 valence electrons. The molecule has 0 bridgehead atoms. The molecule has 1 unspecified atom stereocenters. The second-order valence-corrected chi connectivity index (χ2v) is 4.35. The third-order valence-corrected chi connectivity index (χ3v) is 2.50. The number of azo groups is 1. The van der Waals surface area contributed by atoms with Gasteiger partial charge in [-0.2, -0.15) is 10.2 Å². The Labute approximate surface area is 99.6 Å². The fourth-order valence-electron chi connectivity index (χ4n) is 1.29. The molecule has 1 atom stereocenters. The van der Waals surface area contributed by atoms with E-state index < -0.39 is 4.93 Å². The quantitative estimate of drug-likeness (QED) is 0.459. The number of nitrogens with zero attached hydrogens (tertiary/aromatic N) is 2. The second-order valence-electron chi connectivity index (χ2n) is 3.58. The Bertz CT molecular complexity index is 449. The molecule has 1 N–H and O–H groups in total. The molecule has 0 fully saturated rings. The molecule has 1 aromatic rings. The summed E-state index contributed by atoms with van der Waals surface area (Å²) >= 11 is 4.05. The van der Waals surface area contributed by atoms with Crippen molar-refractivity contribution < 1.29 is 5.11 Å². The summed E-state index contributed by atoms with van der Waals surface area (Å²) in [6.45, 7) is 0. The van der Waals surface area contributed by atoms with Crippen molar-refractivity contribution in [2.24, 2.45) is 10.2 Å². The lowest BCUT2D eigenvalue weighted by atomic mass is 10.1. The Balaban J connectivity index is 2.05. The van der Waals surface area contributed by atoms with Gasteiger partial charge in [-0.15, -0.1) is 12.6 Å². The average Bonchev–Trinajstić information content (AvgIpc) is 2.29. The lowest BCUT2D eigenvalue weighted by Crippen LogP contribution is -2.17. The summed E-state index contributed by atoms with van der Waals surface area (Å²) in [4.78, 5) is -1.05. The third-order valence-electron chi connectivity index (χ3n) is 2.17. The minimum Gasteiger partial charge on any atom is -0.376 e. The van der Waals surface area contributed by atoms with Crippen LogP contribution in [0.3, 0.4) is 0 Å². The summed E-state index contributed by atoms with van der Waals surface area (Å²) < 4.78 is 0. The van der Waals surface area contributed by atoms with Gasteiger partial charge in [-0.3, -0.25) is 0 Å². The first-order valence-corrected chi connectivity index (χ1v) is 5.41. The van der Waals surface area contributed by atoms with Crippen molar-refractivity contribution in [3.8, 4) is 0 Å². The van der Waals surface area contributed by atoms with Gasteiger partial charge in [0.1, 0.15) is 4.93 Å². The molecule has 4 heteroatoms. The van der Waals surface area contributed by atoms with E-state index in [1.54, 1.807) is 18.2 Å².